The number of ether oxygens (including phenoxy) is 1. The van der Waals surface area contributed by atoms with Crippen molar-refractivity contribution in [3.8, 4) is 5.75 Å². The third kappa shape index (κ3) is 3.72. The molecule has 0 N–H and O–H groups in total. The Kier molecular flexibility index (Phi) is 4.86. The molecular formula is C20H19NO3S. The number of nitrogens with zero attached hydrogens (tertiary/aromatic N) is 1. The minimum atomic E-state index is -3.45. The van der Waals surface area contributed by atoms with E-state index in [0.29, 0.717) is 29.1 Å². The Morgan fingerprint density at radius 3 is 2.52 bits per heavy atom. The van der Waals surface area contributed by atoms with E-state index < -0.39 is 9.84 Å². The van der Waals surface area contributed by atoms with Crippen LogP contribution in [-0.4, -0.2) is 25.8 Å². The van der Waals surface area contributed by atoms with Crippen molar-refractivity contribution < 1.29 is 13.2 Å². The summed E-state index contributed by atoms with van der Waals surface area (Å²) in [5, 5.41) is 0.938. The number of pyridine rings is 1. The van der Waals surface area contributed by atoms with Crippen LogP contribution < -0.4 is 4.74 Å². The van der Waals surface area contributed by atoms with Crippen molar-refractivity contribution in [1.82, 2.24) is 4.98 Å². The highest BCUT2D eigenvalue weighted by atomic mass is 32.2. The highest BCUT2D eigenvalue weighted by Gasteiger charge is 2.17. The van der Waals surface area contributed by atoms with E-state index >= 15 is 0 Å². The van der Waals surface area contributed by atoms with Gasteiger partial charge in [-0.1, -0.05) is 43.0 Å². The first-order chi connectivity index (χ1) is 12.0. The molecule has 4 nitrogen and oxygen atoms in total. The second-order valence-electron chi connectivity index (χ2n) is 5.63. The largest absolute Gasteiger partial charge is 0.492 e. The Morgan fingerprint density at radius 2 is 1.80 bits per heavy atom. The second kappa shape index (κ2) is 7.07. The summed E-state index contributed by atoms with van der Waals surface area (Å²) in [5.74, 6) is 0.507. The lowest BCUT2D eigenvalue weighted by atomic mass is 10.1. The van der Waals surface area contributed by atoms with Gasteiger partial charge in [-0.25, -0.2) is 13.4 Å². The molecule has 0 spiro atoms. The Labute approximate surface area is 147 Å². The van der Waals surface area contributed by atoms with Crippen LogP contribution in [0.4, 0.5) is 0 Å². The first kappa shape index (κ1) is 17.2. The minimum absolute atomic E-state index is 0.174. The first-order valence-electron chi connectivity index (χ1n) is 8.00. The molecule has 0 bridgehead atoms. The van der Waals surface area contributed by atoms with Crippen molar-refractivity contribution in [2.45, 2.75) is 11.8 Å². The van der Waals surface area contributed by atoms with E-state index in [0.717, 1.165) is 5.39 Å². The zero-order valence-electron chi connectivity index (χ0n) is 14.0. The maximum absolute atomic E-state index is 12.5. The number of sulfone groups is 1. The molecule has 3 rings (SSSR count). The van der Waals surface area contributed by atoms with Crippen LogP contribution in [0.25, 0.3) is 16.5 Å². The second-order valence-corrected chi connectivity index (χ2v) is 7.62. The molecule has 0 saturated heterocycles. The standard InChI is InChI=1S/C20H19NO3S/c1-3-24-19-11-7-8-16-12-13-18(21-20(16)19)15(2)14-25(22,23)17-9-5-4-6-10-17/h4-13H,2-3,14H2,1H3. The zero-order chi connectivity index (χ0) is 17.9. The fourth-order valence-electron chi connectivity index (χ4n) is 2.60. The van der Waals surface area contributed by atoms with Gasteiger partial charge in [-0.15, -0.1) is 0 Å². The number of aromatic nitrogens is 1. The van der Waals surface area contributed by atoms with Gasteiger partial charge in [-0.05, 0) is 36.8 Å². The maximum Gasteiger partial charge on any atom is 0.182 e. The normalized spacial score (nSPS) is 11.4. The van der Waals surface area contributed by atoms with Gasteiger partial charge < -0.3 is 4.74 Å². The minimum Gasteiger partial charge on any atom is -0.492 e. The van der Waals surface area contributed by atoms with Crippen molar-refractivity contribution in [2.75, 3.05) is 12.4 Å². The summed E-state index contributed by atoms with van der Waals surface area (Å²) in [6.45, 7) is 6.38. The molecule has 2 aromatic carbocycles. The molecule has 0 saturated carbocycles. The van der Waals surface area contributed by atoms with Gasteiger partial charge >= 0.3 is 0 Å². The lowest BCUT2D eigenvalue weighted by Gasteiger charge is -2.10. The van der Waals surface area contributed by atoms with Crippen molar-refractivity contribution in [3.05, 3.63) is 72.9 Å². The molecule has 128 valence electrons. The molecule has 0 fully saturated rings. The van der Waals surface area contributed by atoms with Gasteiger partial charge in [0.2, 0.25) is 0 Å². The van der Waals surface area contributed by atoms with Gasteiger partial charge in [0.25, 0.3) is 0 Å². The van der Waals surface area contributed by atoms with Crippen LogP contribution in [0.2, 0.25) is 0 Å². The van der Waals surface area contributed by atoms with Gasteiger partial charge in [0.1, 0.15) is 11.3 Å². The number of benzene rings is 2. The molecule has 1 aromatic heterocycles. The Balaban J connectivity index is 1.94. The Hall–Kier alpha value is -2.66. The van der Waals surface area contributed by atoms with E-state index in [-0.39, 0.29) is 10.6 Å². The van der Waals surface area contributed by atoms with Gasteiger partial charge in [-0.3, -0.25) is 0 Å². The number of hydrogen-bond donors (Lipinski definition) is 0. The number of para-hydroxylation sites is 1. The molecule has 0 atom stereocenters. The van der Waals surface area contributed by atoms with E-state index in [1.54, 1.807) is 36.4 Å². The molecule has 0 amide bonds. The molecule has 5 heteroatoms. The van der Waals surface area contributed by atoms with Crippen LogP contribution >= 0.6 is 0 Å². The summed E-state index contributed by atoms with van der Waals surface area (Å²) in [4.78, 5) is 4.87. The van der Waals surface area contributed by atoms with E-state index in [2.05, 4.69) is 11.6 Å². The molecule has 0 aliphatic carbocycles. The van der Waals surface area contributed by atoms with E-state index in [4.69, 9.17) is 4.74 Å². The monoisotopic (exact) mass is 353 g/mol. The summed E-state index contributed by atoms with van der Waals surface area (Å²) in [6.07, 6.45) is 0. The summed E-state index contributed by atoms with van der Waals surface area (Å²) < 4.78 is 30.7. The predicted octanol–water partition coefficient (Wildman–Crippen LogP) is 4.12. The third-order valence-electron chi connectivity index (χ3n) is 3.81. The van der Waals surface area contributed by atoms with Crippen molar-refractivity contribution in [2.24, 2.45) is 0 Å². The smallest absolute Gasteiger partial charge is 0.182 e. The zero-order valence-corrected chi connectivity index (χ0v) is 14.8. The van der Waals surface area contributed by atoms with Gasteiger partial charge in [0.15, 0.2) is 9.84 Å². The third-order valence-corrected chi connectivity index (χ3v) is 5.53. The highest BCUT2D eigenvalue weighted by Crippen LogP contribution is 2.26. The van der Waals surface area contributed by atoms with E-state index in [1.807, 2.05) is 31.2 Å². The van der Waals surface area contributed by atoms with Crippen LogP contribution in [0.1, 0.15) is 12.6 Å². The topological polar surface area (TPSA) is 56.3 Å². The molecule has 0 unspecified atom stereocenters. The van der Waals surface area contributed by atoms with Crippen molar-refractivity contribution in [3.63, 3.8) is 0 Å². The van der Waals surface area contributed by atoms with Crippen LogP contribution in [0.3, 0.4) is 0 Å². The maximum atomic E-state index is 12.5. The van der Waals surface area contributed by atoms with Gasteiger partial charge in [0.05, 0.1) is 22.9 Å². The fourth-order valence-corrected chi connectivity index (χ4v) is 3.95. The lowest BCUT2D eigenvalue weighted by molar-refractivity contribution is 0.343. The molecule has 1 heterocycles. The van der Waals surface area contributed by atoms with Crippen LogP contribution in [0.5, 0.6) is 5.75 Å². The molecule has 0 aliphatic rings. The van der Waals surface area contributed by atoms with Gasteiger partial charge in [0, 0.05) is 5.39 Å². The summed E-state index contributed by atoms with van der Waals surface area (Å²) in [5.41, 5.74) is 1.72. The summed E-state index contributed by atoms with van der Waals surface area (Å²) >= 11 is 0. The number of hydrogen-bond acceptors (Lipinski definition) is 4. The number of fused-ring (bicyclic) bond motifs is 1. The molecule has 3 aromatic rings. The average Bonchev–Trinajstić information content (AvgIpc) is 2.62. The van der Waals surface area contributed by atoms with Crippen molar-refractivity contribution >= 4 is 26.3 Å². The SMILES string of the molecule is C=C(CS(=O)(=O)c1ccccc1)c1ccc2cccc(OCC)c2n1. The van der Waals surface area contributed by atoms with Crippen molar-refractivity contribution in [1.29, 1.82) is 0 Å². The van der Waals surface area contributed by atoms with E-state index in [1.165, 1.54) is 0 Å². The van der Waals surface area contributed by atoms with Crippen LogP contribution in [0, 0.1) is 0 Å². The average molecular weight is 353 g/mol. The fraction of sp³-hybridized carbons (Fsp3) is 0.150. The number of rotatable bonds is 6. The molecular weight excluding hydrogens is 334 g/mol. The molecule has 0 radical (unpaired) electrons. The summed E-state index contributed by atoms with van der Waals surface area (Å²) in [7, 11) is -3.45. The van der Waals surface area contributed by atoms with Crippen LogP contribution in [-0.2, 0) is 9.84 Å². The quantitative estimate of drug-likeness (QED) is 0.669. The predicted molar refractivity (Wildman–Crippen MR) is 100 cm³/mol. The lowest BCUT2D eigenvalue weighted by Crippen LogP contribution is -2.09. The van der Waals surface area contributed by atoms with E-state index in [9.17, 15) is 8.42 Å². The Bertz CT molecular complexity index is 1010. The highest BCUT2D eigenvalue weighted by molar-refractivity contribution is 7.91. The first-order valence-corrected chi connectivity index (χ1v) is 9.65. The Morgan fingerprint density at radius 1 is 1.04 bits per heavy atom. The van der Waals surface area contributed by atoms with Gasteiger partial charge in [-0.2, -0.15) is 0 Å². The van der Waals surface area contributed by atoms with Crippen LogP contribution in [0.15, 0.2) is 72.1 Å². The molecule has 25 heavy (non-hydrogen) atoms. The molecule has 0 aliphatic heterocycles. The summed E-state index contributed by atoms with van der Waals surface area (Å²) in [6, 6.07) is 17.8.